The molecule has 3 heteroatoms. The fourth-order valence-electron chi connectivity index (χ4n) is 3.14. The van der Waals surface area contributed by atoms with E-state index in [1.165, 1.54) is 41.8 Å². The van der Waals surface area contributed by atoms with Gasteiger partial charge < -0.3 is 5.73 Å². The molecule has 0 aliphatic heterocycles. The van der Waals surface area contributed by atoms with E-state index >= 15 is 0 Å². The van der Waals surface area contributed by atoms with Crippen molar-refractivity contribution in [3.63, 3.8) is 0 Å². The van der Waals surface area contributed by atoms with Gasteiger partial charge in [0.05, 0.1) is 10.7 Å². The van der Waals surface area contributed by atoms with Crippen LogP contribution in [0.4, 0.5) is 0 Å². The third kappa shape index (κ3) is 2.79. The van der Waals surface area contributed by atoms with Gasteiger partial charge in [0.25, 0.3) is 0 Å². The second-order valence-corrected chi connectivity index (χ2v) is 6.65. The van der Waals surface area contributed by atoms with Gasteiger partial charge in [-0.05, 0) is 36.8 Å². The zero-order chi connectivity index (χ0) is 13.9. The summed E-state index contributed by atoms with van der Waals surface area (Å²) in [6.45, 7) is 2.89. The molecule has 1 fully saturated rings. The predicted octanol–water partition coefficient (Wildman–Crippen LogP) is 4.56. The van der Waals surface area contributed by atoms with E-state index in [0.717, 1.165) is 11.6 Å². The molecule has 1 saturated carbocycles. The van der Waals surface area contributed by atoms with E-state index in [0.29, 0.717) is 12.5 Å². The molecule has 0 spiro atoms. The fraction of sp³-hybridized carbons (Fsp3) is 0.471. The first-order chi connectivity index (χ1) is 9.80. The van der Waals surface area contributed by atoms with Crippen LogP contribution in [0.2, 0.25) is 0 Å². The van der Waals surface area contributed by atoms with E-state index in [9.17, 15) is 0 Å². The largest absolute Gasteiger partial charge is 0.326 e. The lowest BCUT2D eigenvalue weighted by molar-refractivity contribution is 0.521. The molecule has 106 valence electrons. The molecule has 1 heterocycles. The Morgan fingerprint density at radius 1 is 1.35 bits per heavy atom. The lowest BCUT2D eigenvalue weighted by Crippen LogP contribution is -1.96. The van der Waals surface area contributed by atoms with Crippen LogP contribution in [-0.4, -0.2) is 4.98 Å². The highest BCUT2D eigenvalue weighted by molar-refractivity contribution is 7.10. The normalized spacial score (nSPS) is 22.3. The lowest BCUT2D eigenvalue weighted by Gasteiger charge is -2.06. The third-order valence-corrected chi connectivity index (χ3v) is 5.46. The van der Waals surface area contributed by atoms with Crippen LogP contribution in [-0.2, 0) is 6.54 Å². The van der Waals surface area contributed by atoms with Crippen LogP contribution < -0.4 is 5.73 Å². The van der Waals surface area contributed by atoms with Crippen LogP contribution in [0.1, 0.15) is 49.1 Å². The summed E-state index contributed by atoms with van der Waals surface area (Å²) >= 11 is 1.83. The van der Waals surface area contributed by atoms with Gasteiger partial charge in [-0.15, -0.1) is 11.3 Å². The first-order valence-electron chi connectivity index (χ1n) is 7.55. The topological polar surface area (TPSA) is 38.9 Å². The molecule has 2 atom stereocenters. The summed E-state index contributed by atoms with van der Waals surface area (Å²) in [6.07, 6.45) is 5.33. The summed E-state index contributed by atoms with van der Waals surface area (Å²) in [5, 5.41) is 3.53. The number of aromatic nitrogens is 1. The standard InChI is InChI=1S/C17H22N2S/c1-2-12-6-7-15(8-12)17-19-16(11-20-17)14-5-3-4-13(9-14)10-18/h3-5,9,11-12,15H,2,6-8,10,18H2,1H3. The van der Waals surface area contributed by atoms with E-state index < -0.39 is 0 Å². The summed E-state index contributed by atoms with van der Waals surface area (Å²) in [5.74, 6) is 1.60. The molecule has 3 rings (SSSR count). The highest BCUT2D eigenvalue weighted by atomic mass is 32.1. The van der Waals surface area contributed by atoms with Crippen LogP contribution in [0.5, 0.6) is 0 Å². The summed E-state index contributed by atoms with van der Waals surface area (Å²) < 4.78 is 0. The molecule has 1 aliphatic rings. The maximum atomic E-state index is 5.71. The van der Waals surface area contributed by atoms with E-state index in [1.54, 1.807) is 0 Å². The third-order valence-electron chi connectivity index (χ3n) is 4.45. The van der Waals surface area contributed by atoms with Gasteiger partial charge in [-0.1, -0.05) is 31.5 Å². The minimum absolute atomic E-state index is 0.589. The summed E-state index contributed by atoms with van der Waals surface area (Å²) in [5.41, 5.74) is 9.19. The van der Waals surface area contributed by atoms with Gasteiger partial charge in [0, 0.05) is 23.4 Å². The summed E-state index contributed by atoms with van der Waals surface area (Å²) in [7, 11) is 0. The molecule has 0 radical (unpaired) electrons. The number of nitrogens with two attached hydrogens (primary N) is 1. The average Bonchev–Trinajstić information content (AvgIpc) is 3.15. The monoisotopic (exact) mass is 286 g/mol. The van der Waals surface area contributed by atoms with Crippen molar-refractivity contribution in [2.75, 3.05) is 0 Å². The van der Waals surface area contributed by atoms with Gasteiger partial charge in [-0.2, -0.15) is 0 Å². The number of hydrogen-bond donors (Lipinski definition) is 1. The molecule has 2 aromatic rings. The van der Waals surface area contributed by atoms with Gasteiger partial charge in [-0.3, -0.25) is 0 Å². The lowest BCUT2D eigenvalue weighted by atomic mass is 10.0. The maximum Gasteiger partial charge on any atom is 0.0963 e. The molecule has 1 aromatic carbocycles. The van der Waals surface area contributed by atoms with Crippen molar-refractivity contribution < 1.29 is 0 Å². The Hall–Kier alpha value is -1.19. The van der Waals surface area contributed by atoms with E-state index in [-0.39, 0.29) is 0 Å². The highest BCUT2D eigenvalue weighted by Gasteiger charge is 2.26. The Labute approximate surface area is 125 Å². The van der Waals surface area contributed by atoms with Crippen molar-refractivity contribution in [2.24, 2.45) is 11.7 Å². The Kier molecular flexibility index (Phi) is 4.18. The molecule has 2 N–H and O–H groups in total. The SMILES string of the molecule is CCC1CCC(c2nc(-c3cccc(CN)c3)cs2)C1. The van der Waals surface area contributed by atoms with Gasteiger partial charge in [0.1, 0.15) is 0 Å². The van der Waals surface area contributed by atoms with Crippen molar-refractivity contribution in [3.8, 4) is 11.3 Å². The van der Waals surface area contributed by atoms with E-state index in [1.807, 2.05) is 11.3 Å². The summed E-state index contributed by atoms with van der Waals surface area (Å²) in [4.78, 5) is 4.88. The Bertz CT molecular complexity index is 576. The van der Waals surface area contributed by atoms with Crippen LogP contribution in [0.3, 0.4) is 0 Å². The van der Waals surface area contributed by atoms with Crippen molar-refractivity contribution in [1.82, 2.24) is 4.98 Å². The van der Waals surface area contributed by atoms with Crippen molar-refractivity contribution >= 4 is 11.3 Å². The molecule has 0 amide bonds. The number of nitrogens with zero attached hydrogens (tertiary/aromatic N) is 1. The molecule has 2 nitrogen and oxygen atoms in total. The first-order valence-corrected chi connectivity index (χ1v) is 8.43. The Balaban J connectivity index is 1.79. The van der Waals surface area contributed by atoms with Crippen LogP contribution in [0.15, 0.2) is 29.6 Å². The molecule has 1 aliphatic carbocycles. The molecule has 1 aromatic heterocycles. The van der Waals surface area contributed by atoms with Gasteiger partial charge in [-0.25, -0.2) is 4.98 Å². The zero-order valence-electron chi connectivity index (χ0n) is 12.0. The van der Waals surface area contributed by atoms with E-state index in [4.69, 9.17) is 10.7 Å². The van der Waals surface area contributed by atoms with Gasteiger partial charge in [0.15, 0.2) is 0 Å². The van der Waals surface area contributed by atoms with Crippen molar-refractivity contribution in [2.45, 2.75) is 45.1 Å². The zero-order valence-corrected chi connectivity index (χ0v) is 12.8. The minimum atomic E-state index is 0.589. The van der Waals surface area contributed by atoms with Crippen LogP contribution in [0, 0.1) is 5.92 Å². The number of rotatable bonds is 4. The predicted molar refractivity (Wildman–Crippen MR) is 85.8 cm³/mol. The molecule has 0 saturated heterocycles. The number of thiazole rings is 1. The van der Waals surface area contributed by atoms with Crippen LogP contribution in [0.25, 0.3) is 11.3 Å². The van der Waals surface area contributed by atoms with Crippen molar-refractivity contribution in [3.05, 3.63) is 40.2 Å². The van der Waals surface area contributed by atoms with Crippen molar-refractivity contribution in [1.29, 1.82) is 0 Å². The Morgan fingerprint density at radius 2 is 2.25 bits per heavy atom. The molecular formula is C17H22N2S. The Morgan fingerprint density at radius 3 is 3.00 bits per heavy atom. The molecular weight excluding hydrogens is 264 g/mol. The van der Waals surface area contributed by atoms with Gasteiger partial charge >= 0.3 is 0 Å². The second kappa shape index (κ2) is 6.06. The second-order valence-electron chi connectivity index (χ2n) is 5.76. The van der Waals surface area contributed by atoms with Crippen LogP contribution >= 0.6 is 11.3 Å². The average molecular weight is 286 g/mol. The fourth-order valence-corrected chi connectivity index (χ4v) is 4.11. The molecule has 2 unspecified atom stereocenters. The first kappa shape index (κ1) is 13.8. The molecule has 0 bridgehead atoms. The quantitative estimate of drug-likeness (QED) is 0.894. The van der Waals surface area contributed by atoms with E-state index in [2.05, 4.69) is 36.6 Å². The minimum Gasteiger partial charge on any atom is -0.326 e. The summed E-state index contributed by atoms with van der Waals surface area (Å²) in [6, 6.07) is 8.42. The van der Waals surface area contributed by atoms with Gasteiger partial charge in [0.2, 0.25) is 0 Å². The smallest absolute Gasteiger partial charge is 0.0963 e. The number of benzene rings is 1. The molecule has 20 heavy (non-hydrogen) atoms. The number of hydrogen-bond acceptors (Lipinski definition) is 3. The highest BCUT2D eigenvalue weighted by Crippen LogP contribution is 2.41. The maximum absolute atomic E-state index is 5.71.